The second-order valence-corrected chi connectivity index (χ2v) is 5.67. The van der Waals surface area contributed by atoms with E-state index >= 15 is 0 Å². The monoisotopic (exact) mass is 278 g/mol. The number of rotatable bonds is 10. The summed E-state index contributed by atoms with van der Waals surface area (Å²) in [5.74, 6) is 0. The van der Waals surface area contributed by atoms with E-state index in [9.17, 15) is 5.11 Å². The van der Waals surface area contributed by atoms with Crippen LogP contribution in [0.2, 0.25) is 0 Å². The molecule has 1 atom stereocenters. The van der Waals surface area contributed by atoms with E-state index in [1.165, 1.54) is 38.5 Å². The second kappa shape index (κ2) is 9.87. The maximum Gasteiger partial charge on any atom is 0.0809 e. The zero-order chi connectivity index (χ0) is 14.8. The van der Waals surface area contributed by atoms with Crippen LogP contribution in [0.15, 0.2) is 6.07 Å². The van der Waals surface area contributed by atoms with Crippen molar-refractivity contribution in [1.29, 1.82) is 0 Å². The first-order chi connectivity index (χ1) is 9.69. The van der Waals surface area contributed by atoms with Crippen LogP contribution in [0.25, 0.3) is 0 Å². The number of aliphatic hydroxyl groups is 1. The summed E-state index contributed by atoms with van der Waals surface area (Å²) in [6.07, 6.45) is 10.2. The molecule has 0 radical (unpaired) electrons. The summed E-state index contributed by atoms with van der Waals surface area (Å²) in [6.45, 7) is 6.23. The highest BCUT2D eigenvalue weighted by Crippen LogP contribution is 2.23. The van der Waals surface area contributed by atoms with Gasteiger partial charge in [-0.15, -0.1) is 0 Å². The number of nitrogens with zero attached hydrogens (tertiary/aromatic N) is 2. The minimum Gasteiger partial charge on any atom is -0.388 e. The topological polar surface area (TPSA) is 46.0 Å². The number of aromatic nitrogens is 2. The van der Waals surface area contributed by atoms with Gasteiger partial charge in [-0.3, -0.25) is 0 Å². The molecule has 0 bridgehead atoms. The predicted octanol–water partition coefficient (Wildman–Crippen LogP) is 4.52. The normalized spacial score (nSPS) is 12.6. The summed E-state index contributed by atoms with van der Waals surface area (Å²) in [7, 11) is 0. The van der Waals surface area contributed by atoms with Gasteiger partial charge in [-0.2, -0.15) is 10.2 Å². The fourth-order valence-corrected chi connectivity index (χ4v) is 2.55. The fraction of sp³-hybridized carbons (Fsp3) is 0.765. The van der Waals surface area contributed by atoms with Gasteiger partial charge in [-0.05, 0) is 25.8 Å². The molecule has 3 nitrogen and oxygen atoms in total. The molecule has 0 aromatic carbocycles. The number of hydrogen-bond donors (Lipinski definition) is 1. The van der Waals surface area contributed by atoms with E-state index < -0.39 is 0 Å². The highest BCUT2D eigenvalue weighted by molar-refractivity contribution is 5.23. The summed E-state index contributed by atoms with van der Waals surface area (Å²) in [5, 5.41) is 18.6. The van der Waals surface area contributed by atoms with Crippen LogP contribution in [0.1, 0.15) is 88.3 Å². The molecule has 1 rings (SSSR count). The SMILES string of the molecule is CCCCCCCCCC(O)c1cc(C)nnc1CC. The number of aliphatic hydroxyl groups excluding tert-OH is 1. The number of aryl methyl sites for hydroxylation is 2. The molecule has 1 aromatic heterocycles. The summed E-state index contributed by atoms with van der Waals surface area (Å²) in [6, 6.07) is 1.98. The highest BCUT2D eigenvalue weighted by atomic mass is 16.3. The van der Waals surface area contributed by atoms with E-state index in [1.807, 2.05) is 13.0 Å². The Balaban J connectivity index is 2.32. The largest absolute Gasteiger partial charge is 0.388 e. The maximum absolute atomic E-state index is 10.3. The molecule has 1 aromatic rings. The van der Waals surface area contributed by atoms with Crippen molar-refractivity contribution in [3.05, 3.63) is 23.0 Å². The van der Waals surface area contributed by atoms with Gasteiger partial charge in [0.1, 0.15) is 0 Å². The van der Waals surface area contributed by atoms with E-state index in [0.717, 1.165) is 36.2 Å². The number of unbranched alkanes of at least 4 members (excludes halogenated alkanes) is 6. The molecule has 1 N–H and O–H groups in total. The van der Waals surface area contributed by atoms with Crippen molar-refractivity contribution >= 4 is 0 Å². The lowest BCUT2D eigenvalue weighted by atomic mass is 9.99. The second-order valence-electron chi connectivity index (χ2n) is 5.67. The van der Waals surface area contributed by atoms with Crippen molar-refractivity contribution in [2.24, 2.45) is 0 Å². The van der Waals surface area contributed by atoms with Crippen molar-refractivity contribution in [2.75, 3.05) is 0 Å². The Labute approximate surface area is 123 Å². The van der Waals surface area contributed by atoms with Crippen molar-refractivity contribution in [2.45, 2.75) is 84.7 Å². The van der Waals surface area contributed by atoms with Crippen LogP contribution in [0.4, 0.5) is 0 Å². The third kappa shape index (κ3) is 6.00. The van der Waals surface area contributed by atoms with Crippen molar-refractivity contribution < 1.29 is 5.11 Å². The van der Waals surface area contributed by atoms with Crippen LogP contribution < -0.4 is 0 Å². The maximum atomic E-state index is 10.3. The van der Waals surface area contributed by atoms with Gasteiger partial charge in [0, 0.05) is 5.56 Å². The molecule has 1 unspecified atom stereocenters. The van der Waals surface area contributed by atoms with Gasteiger partial charge in [0.2, 0.25) is 0 Å². The molecule has 1 heterocycles. The first kappa shape index (κ1) is 17.1. The molecule has 0 aliphatic carbocycles. The number of hydrogen-bond acceptors (Lipinski definition) is 3. The van der Waals surface area contributed by atoms with E-state index in [-0.39, 0.29) is 6.10 Å². The van der Waals surface area contributed by atoms with Crippen molar-refractivity contribution in [3.8, 4) is 0 Å². The van der Waals surface area contributed by atoms with E-state index in [2.05, 4.69) is 24.0 Å². The molecule has 0 amide bonds. The third-order valence-corrected chi connectivity index (χ3v) is 3.80. The molecule has 114 valence electrons. The Bertz CT molecular complexity index is 379. The lowest BCUT2D eigenvalue weighted by molar-refractivity contribution is 0.161. The minimum absolute atomic E-state index is 0.380. The first-order valence-electron chi connectivity index (χ1n) is 8.20. The molecule has 0 saturated heterocycles. The molecular weight excluding hydrogens is 248 g/mol. The van der Waals surface area contributed by atoms with E-state index in [4.69, 9.17) is 0 Å². The van der Waals surface area contributed by atoms with Gasteiger partial charge in [-0.1, -0.05) is 58.8 Å². The van der Waals surface area contributed by atoms with Gasteiger partial charge in [0.15, 0.2) is 0 Å². The zero-order valence-electron chi connectivity index (χ0n) is 13.4. The molecular formula is C17H30N2O. The molecule has 0 fully saturated rings. The summed E-state index contributed by atoms with van der Waals surface area (Å²) >= 11 is 0. The Morgan fingerprint density at radius 2 is 1.65 bits per heavy atom. The zero-order valence-corrected chi connectivity index (χ0v) is 13.4. The standard InChI is InChI=1S/C17H30N2O/c1-4-6-7-8-9-10-11-12-17(20)15-13-14(3)18-19-16(15)5-2/h13,17,20H,4-12H2,1-3H3. The predicted molar refractivity (Wildman–Crippen MR) is 83.7 cm³/mol. The summed E-state index contributed by atoms with van der Waals surface area (Å²) in [4.78, 5) is 0. The Morgan fingerprint density at radius 1 is 1.00 bits per heavy atom. The van der Waals surface area contributed by atoms with Crippen LogP contribution >= 0.6 is 0 Å². The molecule has 20 heavy (non-hydrogen) atoms. The average molecular weight is 278 g/mol. The highest BCUT2D eigenvalue weighted by Gasteiger charge is 2.13. The molecule has 0 spiro atoms. The van der Waals surface area contributed by atoms with Gasteiger partial charge >= 0.3 is 0 Å². The van der Waals surface area contributed by atoms with Crippen LogP contribution in [-0.2, 0) is 6.42 Å². The molecule has 0 aliphatic rings. The Kier molecular flexibility index (Phi) is 8.43. The van der Waals surface area contributed by atoms with Crippen molar-refractivity contribution in [3.63, 3.8) is 0 Å². The third-order valence-electron chi connectivity index (χ3n) is 3.80. The van der Waals surface area contributed by atoms with Crippen molar-refractivity contribution in [1.82, 2.24) is 10.2 Å². The molecule has 3 heteroatoms. The Morgan fingerprint density at radius 3 is 2.30 bits per heavy atom. The van der Waals surface area contributed by atoms with Gasteiger partial charge in [0.25, 0.3) is 0 Å². The van der Waals surface area contributed by atoms with E-state index in [0.29, 0.717) is 0 Å². The van der Waals surface area contributed by atoms with E-state index in [1.54, 1.807) is 0 Å². The summed E-state index contributed by atoms with van der Waals surface area (Å²) in [5.41, 5.74) is 2.80. The minimum atomic E-state index is -0.380. The summed E-state index contributed by atoms with van der Waals surface area (Å²) < 4.78 is 0. The lowest BCUT2D eigenvalue weighted by Crippen LogP contribution is -2.06. The average Bonchev–Trinajstić information content (AvgIpc) is 2.46. The first-order valence-corrected chi connectivity index (χ1v) is 8.20. The Hall–Kier alpha value is -0.960. The quantitative estimate of drug-likeness (QED) is 0.640. The van der Waals surface area contributed by atoms with Crippen LogP contribution in [0.3, 0.4) is 0 Å². The van der Waals surface area contributed by atoms with Crippen LogP contribution in [-0.4, -0.2) is 15.3 Å². The fourth-order valence-electron chi connectivity index (χ4n) is 2.55. The van der Waals surface area contributed by atoms with Crippen LogP contribution in [0, 0.1) is 6.92 Å². The molecule has 0 aliphatic heterocycles. The smallest absolute Gasteiger partial charge is 0.0809 e. The lowest BCUT2D eigenvalue weighted by Gasteiger charge is -2.14. The van der Waals surface area contributed by atoms with Gasteiger partial charge in [-0.25, -0.2) is 0 Å². The van der Waals surface area contributed by atoms with Crippen LogP contribution in [0.5, 0.6) is 0 Å². The molecule has 0 saturated carbocycles. The van der Waals surface area contributed by atoms with Gasteiger partial charge in [0.05, 0.1) is 17.5 Å². The van der Waals surface area contributed by atoms with Gasteiger partial charge < -0.3 is 5.11 Å².